The quantitative estimate of drug-likeness (QED) is 0.611. The van der Waals surface area contributed by atoms with E-state index in [9.17, 15) is 10.1 Å². The van der Waals surface area contributed by atoms with Crippen molar-refractivity contribution in [2.75, 3.05) is 0 Å². The van der Waals surface area contributed by atoms with Gasteiger partial charge in [0.05, 0.1) is 18.2 Å². The van der Waals surface area contributed by atoms with Gasteiger partial charge in [0.15, 0.2) is 11.5 Å². The summed E-state index contributed by atoms with van der Waals surface area (Å²) in [6.45, 7) is 0.248. The van der Waals surface area contributed by atoms with Crippen LogP contribution in [0.5, 0.6) is 0 Å². The highest BCUT2D eigenvalue weighted by atomic mass is 16.1. The predicted molar refractivity (Wildman–Crippen MR) is 101 cm³/mol. The molecule has 0 aliphatic carbocycles. The van der Waals surface area contributed by atoms with Gasteiger partial charge in [-0.3, -0.25) is 9.20 Å². The Balaban J connectivity index is 1.62. The first kappa shape index (κ1) is 16.5. The summed E-state index contributed by atoms with van der Waals surface area (Å²) < 4.78 is 1.83. The molecule has 1 amide bonds. The van der Waals surface area contributed by atoms with Crippen molar-refractivity contribution in [2.24, 2.45) is 0 Å². The minimum Gasteiger partial charge on any atom is -0.345 e. The minimum absolute atomic E-state index is 0.231. The van der Waals surface area contributed by atoms with E-state index in [4.69, 9.17) is 0 Å². The fraction of sp³-hybridized carbons (Fsp3) is 0.0476. The molecule has 0 aliphatic rings. The molecule has 2 aromatic heterocycles. The van der Waals surface area contributed by atoms with Crippen LogP contribution in [0.15, 0.2) is 72.9 Å². The van der Waals surface area contributed by atoms with Crippen LogP contribution >= 0.6 is 0 Å². The van der Waals surface area contributed by atoms with E-state index < -0.39 is 0 Å². The van der Waals surface area contributed by atoms with Crippen LogP contribution < -0.4 is 5.32 Å². The van der Waals surface area contributed by atoms with E-state index in [1.54, 1.807) is 24.3 Å². The van der Waals surface area contributed by atoms with Gasteiger partial charge in [-0.25, -0.2) is 0 Å². The van der Waals surface area contributed by atoms with Gasteiger partial charge in [-0.1, -0.05) is 42.5 Å². The van der Waals surface area contributed by atoms with Crippen molar-refractivity contribution in [3.05, 3.63) is 89.9 Å². The van der Waals surface area contributed by atoms with Crippen LogP contribution in [0.1, 0.15) is 21.7 Å². The topological polar surface area (TPSA) is 83.1 Å². The molecule has 0 saturated heterocycles. The van der Waals surface area contributed by atoms with Crippen LogP contribution in [0.25, 0.3) is 16.8 Å². The number of carbonyl (C=O) groups excluding carboxylic acids is 1. The molecule has 4 aromatic rings. The number of carbonyl (C=O) groups is 1. The standard InChI is InChI=1S/C21H15N5O/c22-13-15-7-1-2-8-16(15)17-9-3-4-10-18(17)21(27)23-14-20-25-24-19-11-5-6-12-26(19)20/h1-12H,14H2,(H,23,27). The van der Waals surface area contributed by atoms with Crippen LogP contribution in [-0.2, 0) is 6.54 Å². The fourth-order valence-corrected chi connectivity index (χ4v) is 3.00. The lowest BCUT2D eigenvalue weighted by Gasteiger charge is -2.11. The number of nitriles is 1. The molecule has 0 radical (unpaired) electrons. The Morgan fingerprint density at radius 3 is 2.56 bits per heavy atom. The SMILES string of the molecule is N#Cc1ccccc1-c1ccccc1C(=O)NCc1nnc2ccccn12. The van der Waals surface area contributed by atoms with Gasteiger partial charge in [0.2, 0.25) is 0 Å². The van der Waals surface area contributed by atoms with Crippen molar-refractivity contribution >= 4 is 11.6 Å². The minimum atomic E-state index is -0.231. The van der Waals surface area contributed by atoms with E-state index >= 15 is 0 Å². The molecule has 0 bridgehead atoms. The van der Waals surface area contributed by atoms with Gasteiger partial charge in [0, 0.05) is 17.3 Å². The normalized spacial score (nSPS) is 10.5. The number of nitrogens with one attached hydrogen (secondary N) is 1. The predicted octanol–water partition coefficient (Wildman–Crippen LogP) is 3.20. The molecule has 6 nitrogen and oxygen atoms in total. The molecule has 130 valence electrons. The van der Waals surface area contributed by atoms with Gasteiger partial charge in [0.25, 0.3) is 5.91 Å². The first-order valence-electron chi connectivity index (χ1n) is 8.43. The average molecular weight is 353 g/mol. The van der Waals surface area contributed by atoms with Crippen molar-refractivity contribution in [3.63, 3.8) is 0 Å². The number of fused-ring (bicyclic) bond motifs is 1. The van der Waals surface area contributed by atoms with Gasteiger partial charge in [-0.15, -0.1) is 10.2 Å². The zero-order chi connectivity index (χ0) is 18.6. The summed E-state index contributed by atoms with van der Waals surface area (Å²) in [6.07, 6.45) is 1.86. The fourth-order valence-electron chi connectivity index (χ4n) is 3.00. The number of nitrogens with zero attached hydrogens (tertiary/aromatic N) is 4. The average Bonchev–Trinajstić information content (AvgIpc) is 3.15. The first-order valence-corrected chi connectivity index (χ1v) is 8.43. The van der Waals surface area contributed by atoms with Gasteiger partial charge in [-0.2, -0.15) is 5.26 Å². The van der Waals surface area contributed by atoms with Gasteiger partial charge in [-0.05, 0) is 29.8 Å². The molecule has 4 rings (SSSR count). The molecule has 2 heterocycles. The van der Waals surface area contributed by atoms with Crippen LogP contribution in [0.2, 0.25) is 0 Å². The van der Waals surface area contributed by atoms with E-state index in [-0.39, 0.29) is 12.5 Å². The lowest BCUT2D eigenvalue weighted by molar-refractivity contribution is 0.0950. The highest BCUT2D eigenvalue weighted by Crippen LogP contribution is 2.26. The second-order valence-corrected chi connectivity index (χ2v) is 5.93. The Morgan fingerprint density at radius 1 is 0.963 bits per heavy atom. The monoisotopic (exact) mass is 353 g/mol. The zero-order valence-electron chi connectivity index (χ0n) is 14.3. The van der Waals surface area contributed by atoms with Gasteiger partial charge in [0.1, 0.15) is 0 Å². The third-order valence-corrected chi connectivity index (χ3v) is 4.30. The van der Waals surface area contributed by atoms with E-state index in [1.165, 1.54) is 0 Å². The van der Waals surface area contributed by atoms with Gasteiger partial charge >= 0.3 is 0 Å². The summed E-state index contributed by atoms with van der Waals surface area (Å²) >= 11 is 0. The van der Waals surface area contributed by atoms with Crippen molar-refractivity contribution in [1.82, 2.24) is 19.9 Å². The molecule has 0 unspecified atom stereocenters. The number of benzene rings is 2. The second-order valence-electron chi connectivity index (χ2n) is 5.93. The molecule has 1 N–H and O–H groups in total. The number of rotatable bonds is 4. The van der Waals surface area contributed by atoms with Crippen LogP contribution in [0, 0.1) is 11.3 Å². The Labute approximate surface area is 155 Å². The summed E-state index contributed by atoms with van der Waals surface area (Å²) in [5.41, 5.74) is 3.22. The van der Waals surface area contributed by atoms with E-state index in [0.717, 1.165) is 16.8 Å². The highest BCUT2D eigenvalue weighted by molar-refractivity contribution is 6.01. The Hall–Kier alpha value is -3.98. The Morgan fingerprint density at radius 2 is 1.70 bits per heavy atom. The molecule has 0 aliphatic heterocycles. The molecular weight excluding hydrogens is 338 g/mol. The maximum Gasteiger partial charge on any atom is 0.252 e. The molecule has 0 spiro atoms. The van der Waals surface area contributed by atoms with E-state index in [0.29, 0.717) is 17.0 Å². The van der Waals surface area contributed by atoms with Crippen molar-refractivity contribution in [1.29, 1.82) is 5.26 Å². The summed E-state index contributed by atoms with van der Waals surface area (Å²) in [5.74, 6) is 0.417. The molecule has 27 heavy (non-hydrogen) atoms. The van der Waals surface area contributed by atoms with Crippen LogP contribution in [0.4, 0.5) is 0 Å². The Kier molecular flexibility index (Phi) is 4.33. The number of pyridine rings is 1. The third kappa shape index (κ3) is 3.14. The van der Waals surface area contributed by atoms with E-state index in [1.807, 2.05) is 53.1 Å². The number of aromatic nitrogens is 3. The largest absolute Gasteiger partial charge is 0.345 e. The van der Waals surface area contributed by atoms with E-state index in [2.05, 4.69) is 21.6 Å². The Bertz CT molecular complexity index is 1170. The third-order valence-electron chi connectivity index (χ3n) is 4.30. The number of hydrogen-bond donors (Lipinski definition) is 1. The lowest BCUT2D eigenvalue weighted by Crippen LogP contribution is -2.24. The van der Waals surface area contributed by atoms with Crippen molar-refractivity contribution in [2.45, 2.75) is 6.54 Å². The zero-order valence-corrected chi connectivity index (χ0v) is 14.3. The van der Waals surface area contributed by atoms with Crippen molar-refractivity contribution in [3.8, 4) is 17.2 Å². The first-order chi connectivity index (χ1) is 13.3. The summed E-state index contributed by atoms with van der Waals surface area (Å²) in [5, 5.41) is 20.5. The van der Waals surface area contributed by atoms with Crippen LogP contribution in [0.3, 0.4) is 0 Å². The lowest BCUT2D eigenvalue weighted by atomic mass is 9.95. The highest BCUT2D eigenvalue weighted by Gasteiger charge is 2.15. The van der Waals surface area contributed by atoms with Gasteiger partial charge < -0.3 is 5.32 Å². The summed E-state index contributed by atoms with van der Waals surface area (Å²) in [4.78, 5) is 12.8. The molecule has 0 atom stereocenters. The molecule has 0 fully saturated rings. The molecule has 6 heteroatoms. The van der Waals surface area contributed by atoms with Crippen molar-refractivity contribution < 1.29 is 4.79 Å². The second kappa shape index (κ2) is 7.10. The number of amides is 1. The summed E-state index contributed by atoms with van der Waals surface area (Å²) in [6, 6.07) is 22.3. The molecule has 2 aromatic carbocycles. The molecular formula is C21H15N5O. The summed E-state index contributed by atoms with van der Waals surface area (Å²) in [7, 11) is 0. The number of hydrogen-bond acceptors (Lipinski definition) is 4. The maximum absolute atomic E-state index is 12.8. The molecule has 0 saturated carbocycles. The maximum atomic E-state index is 12.8. The smallest absolute Gasteiger partial charge is 0.252 e. The van der Waals surface area contributed by atoms with Crippen LogP contribution in [-0.4, -0.2) is 20.5 Å².